The molecule has 0 N–H and O–H groups in total. The molecule has 1 nitrogen and oxygen atoms in total. The molecule has 1 unspecified atom stereocenters. The van der Waals surface area contributed by atoms with Crippen molar-refractivity contribution in [1.82, 2.24) is 0 Å². The molecule has 12 aromatic rings. The monoisotopic (exact) mass is 907 g/mol. The Kier molecular flexibility index (Phi) is 10.3. The first-order valence-corrected chi connectivity index (χ1v) is 25.1. The second-order valence-electron chi connectivity index (χ2n) is 20.1. The van der Waals surface area contributed by atoms with Crippen LogP contribution in [0.3, 0.4) is 0 Å². The highest BCUT2D eigenvalue weighted by molar-refractivity contribution is 6.11. The normalized spacial score (nSPS) is 13.2. The summed E-state index contributed by atoms with van der Waals surface area (Å²) >= 11 is 0. The van der Waals surface area contributed by atoms with Gasteiger partial charge in [-0.15, -0.1) is 0 Å². The number of rotatable bonds is 9. The van der Waals surface area contributed by atoms with Gasteiger partial charge < -0.3 is 4.90 Å². The SMILES string of the molecule is CC(c1ccc2c(c1)C(C)(C)c1cc(N(c3ccc(-c4ccccc4)cc3)c3ccc(-c4ccccc4)cc3)ccc1-2)C(c1cc2ccccc2c2ccccc12)c1cc2ccccc2c2ccccc12. The fourth-order valence-electron chi connectivity index (χ4n) is 12.1. The van der Waals surface area contributed by atoms with E-state index in [1.54, 1.807) is 0 Å². The van der Waals surface area contributed by atoms with Crippen molar-refractivity contribution in [2.45, 2.75) is 38.0 Å². The zero-order chi connectivity index (χ0) is 47.6. The standard InChI is InChI=1S/C70H53N/c1-46(69(65-42-52-22-10-12-24-57(52)59-26-14-16-28-61(59)65)66-43-53-23-11-13-25-58(53)60-27-15-17-29-62(60)66)51-34-40-63-64-41-39-56(45-68(64)70(2,3)67(63)44-51)71(54-35-30-49(31-36-54)47-18-6-4-7-19-47)55-37-32-50(33-38-55)48-20-8-5-9-21-48/h4-46,69H,1-3H3. The first-order chi connectivity index (χ1) is 34.9. The third-order valence-corrected chi connectivity index (χ3v) is 15.7. The molecule has 338 valence electrons. The third kappa shape index (κ3) is 7.23. The van der Waals surface area contributed by atoms with Gasteiger partial charge in [0.15, 0.2) is 0 Å². The van der Waals surface area contributed by atoms with E-state index in [2.05, 4.69) is 280 Å². The molecule has 0 saturated carbocycles. The fraction of sp³-hybridized carbons (Fsp3) is 0.0857. The lowest BCUT2D eigenvalue weighted by molar-refractivity contribution is 0.644. The van der Waals surface area contributed by atoms with Gasteiger partial charge in [0.25, 0.3) is 0 Å². The Hall–Kier alpha value is -8.52. The largest absolute Gasteiger partial charge is 0.310 e. The summed E-state index contributed by atoms with van der Waals surface area (Å²) in [5, 5.41) is 10.4. The molecule has 0 spiro atoms. The van der Waals surface area contributed by atoms with Gasteiger partial charge in [0.2, 0.25) is 0 Å². The molecule has 71 heavy (non-hydrogen) atoms. The summed E-state index contributed by atoms with van der Waals surface area (Å²) in [6, 6.07) is 94.9. The van der Waals surface area contributed by atoms with Crippen molar-refractivity contribution in [1.29, 1.82) is 0 Å². The Bertz CT molecular complexity index is 3760. The van der Waals surface area contributed by atoms with Crippen LogP contribution in [0, 0.1) is 0 Å². The highest BCUT2D eigenvalue weighted by atomic mass is 15.1. The van der Waals surface area contributed by atoms with Crippen molar-refractivity contribution in [2.24, 2.45) is 0 Å². The van der Waals surface area contributed by atoms with Crippen LogP contribution in [0.2, 0.25) is 0 Å². The zero-order valence-corrected chi connectivity index (χ0v) is 40.4. The number of hydrogen-bond acceptors (Lipinski definition) is 1. The highest BCUT2D eigenvalue weighted by Gasteiger charge is 2.38. The van der Waals surface area contributed by atoms with Gasteiger partial charge >= 0.3 is 0 Å². The second-order valence-corrected chi connectivity index (χ2v) is 20.1. The molecule has 0 heterocycles. The van der Waals surface area contributed by atoms with E-state index in [1.165, 1.54) is 104 Å². The number of hydrogen-bond donors (Lipinski definition) is 0. The van der Waals surface area contributed by atoms with Crippen LogP contribution in [0.15, 0.2) is 255 Å². The molecule has 1 heteroatoms. The Morgan fingerprint density at radius 1 is 0.324 bits per heavy atom. The summed E-state index contributed by atoms with van der Waals surface area (Å²) in [7, 11) is 0. The quantitative estimate of drug-likeness (QED) is 0.130. The highest BCUT2D eigenvalue weighted by Crippen LogP contribution is 2.53. The molecule has 0 aliphatic heterocycles. The van der Waals surface area contributed by atoms with Gasteiger partial charge in [0.1, 0.15) is 0 Å². The van der Waals surface area contributed by atoms with E-state index in [-0.39, 0.29) is 17.3 Å². The maximum atomic E-state index is 2.56. The average Bonchev–Trinajstić information content (AvgIpc) is 3.66. The predicted octanol–water partition coefficient (Wildman–Crippen LogP) is 19.3. The molecule has 0 fully saturated rings. The first-order valence-electron chi connectivity index (χ1n) is 25.1. The van der Waals surface area contributed by atoms with E-state index in [0.29, 0.717) is 0 Å². The third-order valence-electron chi connectivity index (χ3n) is 15.7. The predicted molar refractivity (Wildman–Crippen MR) is 303 cm³/mol. The smallest absolute Gasteiger partial charge is 0.0465 e. The molecule has 0 amide bonds. The van der Waals surface area contributed by atoms with Gasteiger partial charge in [0, 0.05) is 28.4 Å². The zero-order valence-electron chi connectivity index (χ0n) is 40.4. The van der Waals surface area contributed by atoms with Gasteiger partial charge in [-0.2, -0.15) is 0 Å². The number of nitrogens with zero attached hydrogens (tertiary/aromatic N) is 1. The van der Waals surface area contributed by atoms with Gasteiger partial charge in [-0.05, 0) is 159 Å². The van der Waals surface area contributed by atoms with Crippen molar-refractivity contribution in [3.8, 4) is 33.4 Å². The van der Waals surface area contributed by atoms with Gasteiger partial charge in [0.05, 0.1) is 0 Å². The average molecular weight is 908 g/mol. The summed E-state index contributed by atoms with van der Waals surface area (Å²) in [4.78, 5) is 2.42. The molecule has 1 aliphatic rings. The number of benzene rings is 12. The summed E-state index contributed by atoms with van der Waals surface area (Å²) in [5.41, 5.74) is 17.4. The van der Waals surface area contributed by atoms with E-state index in [4.69, 9.17) is 0 Å². The van der Waals surface area contributed by atoms with E-state index in [1.807, 2.05) is 0 Å². The molecule has 13 rings (SSSR count). The molecule has 0 aromatic heterocycles. The van der Waals surface area contributed by atoms with Crippen LogP contribution < -0.4 is 4.90 Å². The summed E-state index contributed by atoms with van der Waals surface area (Å²) in [6.45, 7) is 7.32. The number of anilines is 3. The molecule has 0 saturated heterocycles. The van der Waals surface area contributed by atoms with Crippen LogP contribution in [0.1, 0.15) is 60.4 Å². The Balaban J connectivity index is 0.935. The molecule has 0 bridgehead atoms. The van der Waals surface area contributed by atoms with Crippen molar-refractivity contribution in [2.75, 3.05) is 4.90 Å². The lowest BCUT2D eigenvalue weighted by atomic mass is 9.73. The van der Waals surface area contributed by atoms with Crippen molar-refractivity contribution < 1.29 is 0 Å². The van der Waals surface area contributed by atoms with E-state index in [9.17, 15) is 0 Å². The Morgan fingerprint density at radius 2 is 0.704 bits per heavy atom. The van der Waals surface area contributed by atoms with Crippen LogP contribution in [0.5, 0.6) is 0 Å². The Labute approximate surface area is 417 Å². The minimum Gasteiger partial charge on any atom is -0.310 e. The van der Waals surface area contributed by atoms with Crippen LogP contribution in [0.25, 0.3) is 76.5 Å². The molecule has 1 atom stereocenters. The lowest BCUT2D eigenvalue weighted by Gasteiger charge is -2.30. The molecular weight excluding hydrogens is 855 g/mol. The summed E-state index contributed by atoms with van der Waals surface area (Å²) in [6.07, 6.45) is 0. The first kappa shape index (κ1) is 42.6. The van der Waals surface area contributed by atoms with Crippen LogP contribution in [0.4, 0.5) is 17.1 Å². The summed E-state index contributed by atoms with van der Waals surface area (Å²) in [5.74, 6) is 0.198. The van der Waals surface area contributed by atoms with E-state index in [0.717, 1.165) is 17.1 Å². The van der Waals surface area contributed by atoms with Gasteiger partial charge in [-0.25, -0.2) is 0 Å². The molecular formula is C70H53N. The molecule has 0 radical (unpaired) electrons. The summed E-state index contributed by atoms with van der Waals surface area (Å²) < 4.78 is 0. The van der Waals surface area contributed by atoms with Crippen LogP contribution in [-0.2, 0) is 5.41 Å². The maximum Gasteiger partial charge on any atom is 0.0465 e. The van der Waals surface area contributed by atoms with E-state index < -0.39 is 0 Å². The Morgan fingerprint density at radius 3 is 1.20 bits per heavy atom. The van der Waals surface area contributed by atoms with Crippen molar-refractivity contribution in [3.05, 3.63) is 283 Å². The van der Waals surface area contributed by atoms with Crippen molar-refractivity contribution >= 4 is 60.2 Å². The topological polar surface area (TPSA) is 3.24 Å². The number of fused-ring (bicyclic) bond motifs is 9. The van der Waals surface area contributed by atoms with Gasteiger partial charge in [-0.3, -0.25) is 0 Å². The second kappa shape index (κ2) is 17.2. The molecule has 12 aromatic carbocycles. The molecule has 1 aliphatic carbocycles. The minimum atomic E-state index is -0.253. The lowest BCUT2D eigenvalue weighted by Crippen LogP contribution is -2.18. The van der Waals surface area contributed by atoms with Crippen molar-refractivity contribution in [3.63, 3.8) is 0 Å². The maximum absolute atomic E-state index is 2.56. The van der Waals surface area contributed by atoms with Crippen LogP contribution >= 0.6 is 0 Å². The minimum absolute atomic E-state index is 0.0608. The van der Waals surface area contributed by atoms with E-state index >= 15 is 0 Å². The van der Waals surface area contributed by atoms with Crippen LogP contribution in [-0.4, -0.2) is 0 Å². The fourth-order valence-corrected chi connectivity index (χ4v) is 12.1. The van der Waals surface area contributed by atoms with Gasteiger partial charge in [-0.1, -0.05) is 227 Å².